The van der Waals surface area contributed by atoms with Crippen LogP contribution in [0.3, 0.4) is 0 Å². The normalized spacial score (nSPS) is 10.5. The zero-order chi connectivity index (χ0) is 14.9. The summed E-state index contributed by atoms with van der Waals surface area (Å²) < 4.78 is 5.31. The third-order valence-corrected chi connectivity index (χ3v) is 3.55. The van der Waals surface area contributed by atoms with Crippen molar-refractivity contribution in [2.24, 2.45) is 0 Å². The van der Waals surface area contributed by atoms with Crippen LogP contribution >= 0.6 is 0 Å². The molecule has 3 heteroatoms. The topological polar surface area (TPSA) is 42.2 Å². The molecule has 1 N–H and O–H groups in total. The minimum Gasteiger partial charge on any atom is -0.469 e. The van der Waals surface area contributed by atoms with E-state index < -0.39 is 0 Å². The minimum absolute atomic E-state index is 0.109. The highest BCUT2D eigenvalue weighted by atomic mass is 16.3. The number of unbranched alkanes of at least 4 members (excludes halogenated alkanes) is 3. The first kappa shape index (κ1) is 15.4. The Morgan fingerprint density at radius 3 is 2.48 bits per heavy atom. The lowest BCUT2D eigenvalue weighted by Gasteiger charge is -2.06. The summed E-state index contributed by atoms with van der Waals surface area (Å²) >= 11 is 0. The summed E-state index contributed by atoms with van der Waals surface area (Å²) in [6.45, 7) is 2.56. The second kappa shape index (κ2) is 8.30. The van der Waals surface area contributed by atoms with Crippen molar-refractivity contribution in [3.05, 3.63) is 54.0 Å². The molecule has 0 bridgehead atoms. The fourth-order valence-electron chi connectivity index (χ4n) is 2.29. The highest BCUT2D eigenvalue weighted by Crippen LogP contribution is 2.11. The summed E-state index contributed by atoms with van der Waals surface area (Å²) in [4.78, 5) is 11.2. The Morgan fingerprint density at radius 2 is 1.81 bits per heavy atom. The first-order chi connectivity index (χ1) is 10.3. The molecule has 0 fully saturated rings. The Kier molecular flexibility index (Phi) is 6.07. The lowest BCUT2D eigenvalue weighted by atomic mass is 10.1. The maximum Gasteiger partial charge on any atom is 0.159 e. The highest BCUT2D eigenvalue weighted by Gasteiger charge is 1.99. The minimum atomic E-state index is 0.109. The van der Waals surface area contributed by atoms with Crippen molar-refractivity contribution in [2.75, 3.05) is 11.9 Å². The number of ketones is 1. The maximum absolute atomic E-state index is 11.2. The Labute approximate surface area is 126 Å². The molecule has 3 nitrogen and oxygen atoms in total. The highest BCUT2D eigenvalue weighted by molar-refractivity contribution is 5.94. The smallest absolute Gasteiger partial charge is 0.159 e. The quantitative estimate of drug-likeness (QED) is 0.536. The van der Waals surface area contributed by atoms with E-state index in [1.54, 1.807) is 13.2 Å². The van der Waals surface area contributed by atoms with E-state index in [1.165, 1.54) is 19.3 Å². The monoisotopic (exact) mass is 285 g/mol. The summed E-state index contributed by atoms with van der Waals surface area (Å²) in [7, 11) is 0. The van der Waals surface area contributed by atoms with E-state index in [-0.39, 0.29) is 5.78 Å². The molecule has 0 amide bonds. The standard InChI is InChI=1S/C18H23NO2/c1-15(20)16-9-11-17(12-10-16)19-13-5-3-2-4-7-18-8-6-14-21-18/h6,8-12,14,19H,2-5,7,13H2,1H3. The van der Waals surface area contributed by atoms with E-state index >= 15 is 0 Å². The third-order valence-electron chi connectivity index (χ3n) is 3.55. The van der Waals surface area contributed by atoms with Crippen molar-refractivity contribution < 1.29 is 9.21 Å². The molecule has 0 atom stereocenters. The van der Waals surface area contributed by atoms with Gasteiger partial charge in [-0.3, -0.25) is 4.79 Å². The van der Waals surface area contributed by atoms with Crippen molar-refractivity contribution in [2.45, 2.75) is 39.0 Å². The van der Waals surface area contributed by atoms with Gasteiger partial charge in [0.05, 0.1) is 6.26 Å². The molecule has 0 aliphatic carbocycles. The van der Waals surface area contributed by atoms with E-state index in [0.29, 0.717) is 0 Å². The van der Waals surface area contributed by atoms with Crippen LogP contribution in [0.5, 0.6) is 0 Å². The van der Waals surface area contributed by atoms with Gasteiger partial charge in [0.15, 0.2) is 5.78 Å². The second-order valence-electron chi connectivity index (χ2n) is 5.30. The SMILES string of the molecule is CC(=O)c1ccc(NCCCCCCc2ccco2)cc1. The number of hydrogen-bond acceptors (Lipinski definition) is 3. The first-order valence-electron chi connectivity index (χ1n) is 7.63. The Morgan fingerprint density at radius 1 is 1.05 bits per heavy atom. The number of benzene rings is 1. The van der Waals surface area contributed by atoms with Crippen LogP contribution in [0.4, 0.5) is 5.69 Å². The molecule has 112 valence electrons. The largest absolute Gasteiger partial charge is 0.469 e. The number of nitrogens with one attached hydrogen (secondary N) is 1. The van der Waals surface area contributed by atoms with Gasteiger partial charge in [-0.1, -0.05) is 12.8 Å². The van der Waals surface area contributed by atoms with E-state index in [9.17, 15) is 4.79 Å². The van der Waals surface area contributed by atoms with Gasteiger partial charge < -0.3 is 9.73 Å². The van der Waals surface area contributed by atoms with Gasteiger partial charge >= 0.3 is 0 Å². The zero-order valence-electron chi connectivity index (χ0n) is 12.6. The van der Waals surface area contributed by atoms with Crippen molar-refractivity contribution >= 4 is 11.5 Å². The molecule has 2 aromatic rings. The third kappa shape index (κ3) is 5.46. The molecule has 1 heterocycles. The lowest BCUT2D eigenvalue weighted by Crippen LogP contribution is -2.02. The van der Waals surface area contributed by atoms with Crippen molar-refractivity contribution in [1.29, 1.82) is 0 Å². The number of carbonyl (C=O) groups is 1. The molecule has 0 aliphatic heterocycles. The lowest BCUT2D eigenvalue weighted by molar-refractivity contribution is 0.101. The summed E-state index contributed by atoms with van der Waals surface area (Å²) in [6.07, 6.45) is 7.56. The summed E-state index contributed by atoms with van der Waals surface area (Å²) in [5.41, 5.74) is 1.84. The number of furan rings is 1. The van der Waals surface area contributed by atoms with Gasteiger partial charge in [-0.05, 0) is 56.2 Å². The Bertz CT molecular complexity index is 529. The number of aryl methyl sites for hydroxylation is 1. The molecule has 2 rings (SSSR count). The molecule has 0 aliphatic rings. The average Bonchev–Trinajstić information content (AvgIpc) is 3.00. The molecule has 0 radical (unpaired) electrons. The van der Waals surface area contributed by atoms with Gasteiger partial charge in [-0.2, -0.15) is 0 Å². The molecule has 1 aromatic heterocycles. The van der Waals surface area contributed by atoms with Crippen molar-refractivity contribution in [3.8, 4) is 0 Å². The molecular weight excluding hydrogens is 262 g/mol. The van der Waals surface area contributed by atoms with Crippen LogP contribution in [0.1, 0.15) is 48.7 Å². The fourth-order valence-corrected chi connectivity index (χ4v) is 2.29. The van der Waals surface area contributed by atoms with Crippen molar-refractivity contribution in [1.82, 2.24) is 0 Å². The van der Waals surface area contributed by atoms with Gasteiger partial charge in [0.25, 0.3) is 0 Å². The van der Waals surface area contributed by atoms with Gasteiger partial charge in [0, 0.05) is 24.2 Å². The van der Waals surface area contributed by atoms with Crippen LogP contribution in [0.2, 0.25) is 0 Å². The Hall–Kier alpha value is -2.03. The van der Waals surface area contributed by atoms with Gasteiger partial charge in [0.1, 0.15) is 5.76 Å². The molecule has 0 unspecified atom stereocenters. The zero-order valence-corrected chi connectivity index (χ0v) is 12.6. The van der Waals surface area contributed by atoms with Crippen LogP contribution in [0.25, 0.3) is 0 Å². The van der Waals surface area contributed by atoms with Gasteiger partial charge in [-0.25, -0.2) is 0 Å². The Balaban J connectivity index is 1.54. The van der Waals surface area contributed by atoms with Gasteiger partial charge in [-0.15, -0.1) is 0 Å². The molecule has 1 aromatic carbocycles. The summed E-state index contributed by atoms with van der Waals surface area (Å²) in [5, 5.41) is 3.39. The average molecular weight is 285 g/mol. The van der Waals surface area contributed by atoms with E-state index in [1.807, 2.05) is 36.4 Å². The van der Waals surface area contributed by atoms with E-state index in [2.05, 4.69) is 5.32 Å². The van der Waals surface area contributed by atoms with Gasteiger partial charge in [0.2, 0.25) is 0 Å². The van der Waals surface area contributed by atoms with Crippen LogP contribution in [-0.2, 0) is 6.42 Å². The van der Waals surface area contributed by atoms with Crippen LogP contribution in [0, 0.1) is 0 Å². The predicted octanol–water partition coefficient (Wildman–Crippen LogP) is 4.70. The molecular formula is C18H23NO2. The maximum atomic E-state index is 11.2. The van der Waals surface area contributed by atoms with Crippen LogP contribution < -0.4 is 5.32 Å². The van der Waals surface area contributed by atoms with Crippen LogP contribution in [-0.4, -0.2) is 12.3 Å². The molecule has 21 heavy (non-hydrogen) atoms. The summed E-state index contributed by atoms with van der Waals surface area (Å²) in [5.74, 6) is 1.19. The van der Waals surface area contributed by atoms with E-state index in [0.717, 1.165) is 36.4 Å². The van der Waals surface area contributed by atoms with Crippen molar-refractivity contribution in [3.63, 3.8) is 0 Å². The molecule has 0 saturated heterocycles. The number of Topliss-reactive ketones (excluding diaryl/α,β-unsaturated/α-hetero) is 1. The number of anilines is 1. The van der Waals surface area contributed by atoms with Crippen LogP contribution in [0.15, 0.2) is 47.1 Å². The predicted molar refractivity (Wildman–Crippen MR) is 85.8 cm³/mol. The number of rotatable bonds is 9. The molecule has 0 saturated carbocycles. The fraction of sp³-hybridized carbons (Fsp3) is 0.389. The van der Waals surface area contributed by atoms with E-state index in [4.69, 9.17) is 4.42 Å². The second-order valence-corrected chi connectivity index (χ2v) is 5.30. The number of hydrogen-bond donors (Lipinski definition) is 1. The summed E-state index contributed by atoms with van der Waals surface area (Å²) in [6, 6.07) is 11.6. The molecule has 0 spiro atoms. The first-order valence-corrected chi connectivity index (χ1v) is 7.63. The number of carbonyl (C=O) groups excluding carboxylic acids is 1.